The minimum Gasteiger partial charge on any atom is -0.462 e. The fourth-order valence-corrected chi connectivity index (χ4v) is 3.07. The summed E-state index contributed by atoms with van der Waals surface area (Å²) in [7, 11) is -3.62. The average molecular weight is 290 g/mol. The maximum Gasteiger partial charge on any atom is 0.338 e. The van der Waals surface area contributed by atoms with E-state index in [9.17, 15) is 13.2 Å². The number of esters is 1. The van der Waals surface area contributed by atoms with Gasteiger partial charge in [-0.3, -0.25) is 0 Å². The standard InChI is InChI=1S/C15H14O4S/c1-2-19-15(16)12-7-6-10-14(11-12)20(17,18)13-8-4-3-5-9-13/h3-11H,2H2,1H3. The Balaban J connectivity index is 2.44. The number of benzene rings is 2. The molecule has 2 aromatic rings. The molecular formula is C15H14O4S. The number of sulfone groups is 1. The third kappa shape index (κ3) is 2.88. The highest BCUT2D eigenvalue weighted by Crippen LogP contribution is 2.21. The molecule has 5 heteroatoms. The van der Waals surface area contributed by atoms with Crippen LogP contribution in [0, 0.1) is 0 Å². The van der Waals surface area contributed by atoms with Gasteiger partial charge in [0.15, 0.2) is 0 Å². The van der Waals surface area contributed by atoms with Gasteiger partial charge in [-0.1, -0.05) is 24.3 Å². The van der Waals surface area contributed by atoms with Gasteiger partial charge < -0.3 is 4.74 Å². The predicted octanol–water partition coefficient (Wildman–Crippen LogP) is 2.70. The van der Waals surface area contributed by atoms with Gasteiger partial charge in [-0.2, -0.15) is 0 Å². The van der Waals surface area contributed by atoms with Crippen LogP contribution in [0.5, 0.6) is 0 Å². The molecule has 0 N–H and O–H groups in total. The first-order valence-electron chi connectivity index (χ1n) is 6.13. The van der Waals surface area contributed by atoms with E-state index in [2.05, 4.69) is 0 Å². The lowest BCUT2D eigenvalue weighted by Gasteiger charge is -2.06. The van der Waals surface area contributed by atoms with Crippen LogP contribution in [-0.4, -0.2) is 21.0 Å². The van der Waals surface area contributed by atoms with Crippen LogP contribution in [0.3, 0.4) is 0 Å². The lowest BCUT2D eigenvalue weighted by Crippen LogP contribution is -2.07. The molecule has 0 saturated carbocycles. The van der Waals surface area contributed by atoms with Crippen molar-refractivity contribution in [2.24, 2.45) is 0 Å². The van der Waals surface area contributed by atoms with Crippen molar-refractivity contribution in [2.45, 2.75) is 16.7 Å². The SMILES string of the molecule is CCOC(=O)c1cccc(S(=O)(=O)c2ccccc2)c1. The van der Waals surface area contributed by atoms with Gasteiger partial charge >= 0.3 is 5.97 Å². The summed E-state index contributed by atoms with van der Waals surface area (Å²) in [4.78, 5) is 11.9. The van der Waals surface area contributed by atoms with E-state index in [4.69, 9.17) is 4.74 Å². The Morgan fingerprint density at radius 2 is 1.65 bits per heavy atom. The van der Waals surface area contributed by atoms with E-state index in [-0.39, 0.29) is 22.0 Å². The van der Waals surface area contributed by atoms with Crippen molar-refractivity contribution >= 4 is 15.8 Å². The largest absolute Gasteiger partial charge is 0.462 e. The summed E-state index contributed by atoms with van der Waals surface area (Å²) in [6.07, 6.45) is 0. The molecule has 104 valence electrons. The topological polar surface area (TPSA) is 60.4 Å². The summed E-state index contributed by atoms with van der Waals surface area (Å²) < 4.78 is 29.7. The van der Waals surface area contributed by atoms with Crippen molar-refractivity contribution in [2.75, 3.05) is 6.61 Å². The van der Waals surface area contributed by atoms with Gasteiger partial charge in [-0.25, -0.2) is 13.2 Å². The third-order valence-electron chi connectivity index (χ3n) is 2.71. The third-order valence-corrected chi connectivity index (χ3v) is 4.48. The Labute approximate surface area is 117 Å². The molecule has 0 aromatic heterocycles. The minimum absolute atomic E-state index is 0.0780. The summed E-state index contributed by atoms with van der Waals surface area (Å²) in [5.41, 5.74) is 0.226. The second kappa shape index (κ2) is 5.88. The molecule has 0 aliphatic heterocycles. The Morgan fingerprint density at radius 1 is 1.00 bits per heavy atom. The highest BCUT2D eigenvalue weighted by atomic mass is 32.2. The molecule has 20 heavy (non-hydrogen) atoms. The average Bonchev–Trinajstić information content (AvgIpc) is 2.48. The lowest BCUT2D eigenvalue weighted by atomic mass is 10.2. The van der Waals surface area contributed by atoms with Crippen LogP contribution in [0.25, 0.3) is 0 Å². The van der Waals surface area contributed by atoms with Crippen LogP contribution in [0.2, 0.25) is 0 Å². The van der Waals surface area contributed by atoms with E-state index < -0.39 is 15.8 Å². The summed E-state index contributed by atoms with van der Waals surface area (Å²) in [5, 5.41) is 0. The van der Waals surface area contributed by atoms with Crippen molar-refractivity contribution in [3.8, 4) is 0 Å². The number of hydrogen-bond acceptors (Lipinski definition) is 4. The minimum atomic E-state index is -3.62. The van der Waals surface area contributed by atoms with E-state index in [0.717, 1.165) is 0 Å². The molecule has 0 saturated heterocycles. The van der Waals surface area contributed by atoms with E-state index in [0.29, 0.717) is 0 Å². The molecule has 0 aliphatic rings. The van der Waals surface area contributed by atoms with Gasteiger partial charge in [0.2, 0.25) is 9.84 Å². The van der Waals surface area contributed by atoms with E-state index >= 15 is 0 Å². The highest BCUT2D eigenvalue weighted by Gasteiger charge is 2.18. The van der Waals surface area contributed by atoms with Crippen molar-refractivity contribution < 1.29 is 17.9 Å². The van der Waals surface area contributed by atoms with Crippen molar-refractivity contribution in [3.63, 3.8) is 0 Å². The van der Waals surface area contributed by atoms with Crippen LogP contribution >= 0.6 is 0 Å². The summed E-state index contributed by atoms with van der Waals surface area (Å²) >= 11 is 0. The summed E-state index contributed by atoms with van der Waals surface area (Å²) in [6, 6.07) is 14.0. The first kappa shape index (κ1) is 14.3. The molecule has 0 radical (unpaired) electrons. The Hall–Kier alpha value is -2.14. The molecule has 0 amide bonds. The Bertz CT molecular complexity index is 706. The normalized spacial score (nSPS) is 11.1. The predicted molar refractivity (Wildman–Crippen MR) is 74.3 cm³/mol. The molecule has 0 spiro atoms. The van der Waals surface area contributed by atoms with E-state index in [1.165, 1.54) is 36.4 Å². The maximum absolute atomic E-state index is 12.4. The number of carbonyl (C=O) groups excluding carboxylic acids is 1. The lowest BCUT2D eigenvalue weighted by molar-refractivity contribution is 0.0526. The zero-order valence-electron chi connectivity index (χ0n) is 10.9. The fourth-order valence-electron chi connectivity index (χ4n) is 1.74. The number of ether oxygens (including phenoxy) is 1. The second-order valence-electron chi connectivity index (χ2n) is 4.06. The molecule has 0 aliphatic carbocycles. The molecule has 0 bridgehead atoms. The zero-order chi connectivity index (χ0) is 14.6. The first-order chi connectivity index (χ1) is 9.55. The number of hydrogen-bond donors (Lipinski definition) is 0. The molecule has 4 nitrogen and oxygen atoms in total. The molecule has 2 rings (SSSR count). The highest BCUT2D eigenvalue weighted by molar-refractivity contribution is 7.91. The van der Waals surface area contributed by atoms with Crippen LogP contribution in [0.15, 0.2) is 64.4 Å². The van der Waals surface area contributed by atoms with Crippen LogP contribution in [0.1, 0.15) is 17.3 Å². The molecule has 0 unspecified atom stereocenters. The van der Waals surface area contributed by atoms with Gasteiger partial charge in [-0.05, 0) is 37.3 Å². The van der Waals surface area contributed by atoms with Crippen LogP contribution < -0.4 is 0 Å². The molecular weight excluding hydrogens is 276 g/mol. The number of rotatable bonds is 4. The molecule has 0 heterocycles. The van der Waals surface area contributed by atoms with Crippen molar-refractivity contribution in [3.05, 3.63) is 60.2 Å². The zero-order valence-corrected chi connectivity index (χ0v) is 11.8. The molecule has 2 aromatic carbocycles. The van der Waals surface area contributed by atoms with E-state index in [1.54, 1.807) is 25.1 Å². The Kier molecular flexibility index (Phi) is 4.20. The van der Waals surface area contributed by atoms with E-state index in [1.807, 2.05) is 0 Å². The number of carbonyl (C=O) groups is 1. The quantitative estimate of drug-likeness (QED) is 0.812. The van der Waals surface area contributed by atoms with Crippen molar-refractivity contribution in [1.82, 2.24) is 0 Å². The molecule has 0 fully saturated rings. The summed E-state index contributed by atoms with van der Waals surface area (Å²) in [5.74, 6) is -0.530. The van der Waals surface area contributed by atoms with Gasteiger partial charge in [0, 0.05) is 0 Å². The second-order valence-corrected chi connectivity index (χ2v) is 6.01. The maximum atomic E-state index is 12.4. The van der Waals surface area contributed by atoms with Gasteiger partial charge in [0.1, 0.15) is 0 Å². The van der Waals surface area contributed by atoms with Crippen molar-refractivity contribution in [1.29, 1.82) is 0 Å². The van der Waals surface area contributed by atoms with Crippen LogP contribution in [-0.2, 0) is 14.6 Å². The smallest absolute Gasteiger partial charge is 0.338 e. The molecule has 0 atom stereocenters. The van der Waals surface area contributed by atoms with Gasteiger partial charge in [-0.15, -0.1) is 0 Å². The van der Waals surface area contributed by atoms with Gasteiger partial charge in [0.05, 0.1) is 22.0 Å². The summed E-state index contributed by atoms with van der Waals surface area (Å²) in [6.45, 7) is 1.94. The fraction of sp³-hybridized carbons (Fsp3) is 0.133. The first-order valence-corrected chi connectivity index (χ1v) is 7.61. The van der Waals surface area contributed by atoms with Crippen LogP contribution in [0.4, 0.5) is 0 Å². The monoisotopic (exact) mass is 290 g/mol. The van der Waals surface area contributed by atoms with Gasteiger partial charge in [0.25, 0.3) is 0 Å². The Morgan fingerprint density at radius 3 is 2.30 bits per heavy atom.